The first-order chi connectivity index (χ1) is 13.4. The normalized spacial score (nSPS) is 33.7. The quantitative estimate of drug-likeness (QED) is 0.832. The number of hydrogen-bond donors (Lipinski definition) is 2. The first-order valence-electron chi connectivity index (χ1n) is 10.4. The minimum Gasteiger partial charge on any atom is -0.481 e. The summed E-state index contributed by atoms with van der Waals surface area (Å²) < 4.78 is 0. The van der Waals surface area contributed by atoms with Crippen LogP contribution in [0, 0.1) is 5.41 Å². The van der Waals surface area contributed by atoms with Crippen LogP contribution in [0.4, 0.5) is 10.6 Å². The zero-order valence-electron chi connectivity index (χ0n) is 16.5. The number of aromatic nitrogens is 2. The Morgan fingerprint density at radius 3 is 2.54 bits per heavy atom. The maximum Gasteiger partial charge on any atom is 0.331 e. The van der Waals surface area contributed by atoms with Crippen LogP contribution in [-0.4, -0.2) is 56.9 Å². The standard InChI is InChI=1S/C20H27N5O3/c1-3-10-24-15-13(14-21-12(2)11-25(14)18(24)28)22-16(23-15)19-4-7-20(8-5-19,9-6-19)17(26)27/h12H,3-11H2,1-2H3,(H,22,23)(H,26,27)/t12-,19?,20?/m1/s1. The van der Waals surface area contributed by atoms with E-state index < -0.39 is 11.4 Å². The number of urea groups is 1. The number of anilines is 1. The highest BCUT2D eigenvalue weighted by molar-refractivity contribution is 6.18. The maximum atomic E-state index is 13.0. The molecule has 1 aromatic rings. The number of amidine groups is 1. The predicted molar refractivity (Wildman–Crippen MR) is 104 cm³/mol. The van der Waals surface area contributed by atoms with Crippen LogP contribution in [0.25, 0.3) is 0 Å². The van der Waals surface area contributed by atoms with Crippen molar-refractivity contribution in [1.29, 1.82) is 0 Å². The summed E-state index contributed by atoms with van der Waals surface area (Å²) in [7, 11) is 0. The van der Waals surface area contributed by atoms with Gasteiger partial charge in [0.1, 0.15) is 11.5 Å². The second-order valence-electron chi connectivity index (χ2n) is 9.00. The van der Waals surface area contributed by atoms with Crippen molar-refractivity contribution in [3.8, 4) is 0 Å². The third-order valence-electron chi connectivity index (χ3n) is 7.32. The second kappa shape index (κ2) is 5.81. The molecule has 3 saturated carbocycles. The molecule has 0 radical (unpaired) electrons. The molecule has 28 heavy (non-hydrogen) atoms. The molecule has 2 amide bonds. The Labute approximate surface area is 164 Å². The molecule has 150 valence electrons. The van der Waals surface area contributed by atoms with Crippen molar-refractivity contribution < 1.29 is 14.7 Å². The molecule has 0 aromatic carbocycles. The van der Waals surface area contributed by atoms with E-state index in [4.69, 9.17) is 9.98 Å². The SMILES string of the molecule is CCCN1C(=O)N2C[C@@H](C)N=C2c2[nH]c(C34CCC(C(=O)O)(CC3)CC4)nc21. The van der Waals surface area contributed by atoms with Crippen LogP contribution in [0.5, 0.6) is 0 Å². The van der Waals surface area contributed by atoms with Crippen LogP contribution < -0.4 is 4.90 Å². The summed E-state index contributed by atoms with van der Waals surface area (Å²) in [6.07, 6.45) is 5.47. The summed E-state index contributed by atoms with van der Waals surface area (Å²) in [5.41, 5.74) is 0.202. The van der Waals surface area contributed by atoms with E-state index in [2.05, 4.69) is 11.9 Å². The number of fused-ring (bicyclic) bond motifs is 6. The van der Waals surface area contributed by atoms with Crippen LogP contribution in [0.2, 0.25) is 0 Å². The van der Waals surface area contributed by atoms with E-state index >= 15 is 0 Å². The number of imidazole rings is 1. The Morgan fingerprint density at radius 1 is 1.25 bits per heavy atom. The number of hydrogen-bond acceptors (Lipinski definition) is 4. The third-order valence-corrected chi connectivity index (χ3v) is 7.32. The zero-order valence-corrected chi connectivity index (χ0v) is 16.5. The molecule has 1 aromatic heterocycles. The fourth-order valence-electron chi connectivity index (χ4n) is 5.53. The van der Waals surface area contributed by atoms with Crippen molar-refractivity contribution in [2.75, 3.05) is 18.0 Å². The summed E-state index contributed by atoms with van der Waals surface area (Å²) in [6, 6.07) is 0.0454. The summed E-state index contributed by atoms with van der Waals surface area (Å²) in [5.74, 6) is 1.67. The average molecular weight is 385 g/mol. The molecule has 8 heteroatoms. The van der Waals surface area contributed by atoms with Gasteiger partial charge in [-0.15, -0.1) is 0 Å². The number of carbonyl (C=O) groups excluding carboxylic acids is 1. The fourth-order valence-corrected chi connectivity index (χ4v) is 5.53. The van der Waals surface area contributed by atoms with Gasteiger partial charge in [0.05, 0.1) is 18.0 Å². The first-order valence-corrected chi connectivity index (χ1v) is 10.4. The largest absolute Gasteiger partial charge is 0.481 e. The fraction of sp³-hybridized carbons (Fsp3) is 0.700. The number of amides is 2. The minimum atomic E-state index is -0.649. The van der Waals surface area contributed by atoms with Gasteiger partial charge < -0.3 is 10.1 Å². The number of carbonyl (C=O) groups is 2. The van der Waals surface area contributed by atoms with Gasteiger partial charge in [0.15, 0.2) is 11.7 Å². The third kappa shape index (κ3) is 2.23. The number of carboxylic acids is 1. The Morgan fingerprint density at radius 2 is 1.93 bits per heavy atom. The summed E-state index contributed by atoms with van der Waals surface area (Å²) in [5, 5.41) is 9.66. The van der Waals surface area contributed by atoms with Gasteiger partial charge in [-0.05, 0) is 51.9 Å². The number of aliphatic carboxylic acids is 1. The number of rotatable bonds is 4. The first kappa shape index (κ1) is 17.7. The van der Waals surface area contributed by atoms with Gasteiger partial charge in [-0.1, -0.05) is 6.92 Å². The molecule has 2 aliphatic heterocycles. The van der Waals surface area contributed by atoms with Crippen LogP contribution in [-0.2, 0) is 10.2 Å². The van der Waals surface area contributed by atoms with Crippen molar-refractivity contribution in [1.82, 2.24) is 14.9 Å². The van der Waals surface area contributed by atoms with Gasteiger partial charge in [0, 0.05) is 12.0 Å². The van der Waals surface area contributed by atoms with Crippen molar-refractivity contribution >= 4 is 23.7 Å². The lowest BCUT2D eigenvalue weighted by molar-refractivity contribution is -0.156. The van der Waals surface area contributed by atoms with E-state index in [1.54, 1.807) is 9.80 Å². The highest BCUT2D eigenvalue weighted by Gasteiger charge is 2.55. The number of aliphatic imine (C=N–C) groups is 1. The van der Waals surface area contributed by atoms with E-state index in [0.29, 0.717) is 44.0 Å². The average Bonchev–Trinajstić information content (AvgIpc) is 3.31. The smallest absolute Gasteiger partial charge is 0.331 e. The summed E-state index contributed by atoms with van der Waals surface area (Å²) in [6.45, 7) is 5.31. The van der Waals surface area contributed by atoms with Crippen molar-refractivity contribution in [3.05, 3.63) is 11.5 Å². The molecule has 3 heterocycles. The van der Waals surface area contributed by atoms with E-state index in [0.717, 1.165) is 37.2 Å². The summed E-state index contributed by atoms with van der Waals surface area (Å²) >= 11 is 0. The number of aromatic amines is 1. The zero-order chi connectivity index (χ0) is 19.7. The Hall–Kier alpha value is -2.38. The molecule has 0 unspecified atom stereocenters. The lowest BCUT2D eigenvalue weighted by atomic mass is 9.53. The predicted octanol–water partition coefficient (Wildman–Crippen LogP) is 2.89. The van der Waals surface area contributed by atoms with Gasteiger partial charge >= 0.3 is 12.0 Å². The minimum absolute atomic E-state index is 0.0369. The number of H-pyrrole nitrogens is 1. The molecule has 3 fully saturated rings. The monoisotopic (exact) mass is 385 g/mol. The Bertz CT molecular complexity index is 864. The molecule has 0 spiro atoms. The van der Waals surface area contributed by atoms with E-state index in [1.165, 1.54) is 0 Å². The van der Waals surface area contributed by atoms with Gasteiger partial charge in [0.2, 0.25) is 0 Å². The molecule has 2 N–H and O–H groups in total. The van der Waals surface area contributed by atoms with Crippen LogP contribution in [0.3, 0.4) is 0 Å². The number of carboxylic acid groups (broad SMARTS) is 1. The Balaban J connectivity index is 1.55. The molecule has 8 nitrogen and oxygen atoms in total. The molecular formula is C20H27N5O3. The highest BCUT2D eigenvalue weighted by atomic mass is 16.4. The molecule has 1 atom stereocenters. The van der Waals surface area contributed by atoms with Crippen molar-refractivity contribution in [2.24, 2.45) is 10.4 Å². The van der Waals surface area contributed by atoms with Crippen molar-refractivity contribution in [2.45, 2.75) is 70.3 Å². The van der Waals surface area contributed by atoms with Gasteiger partial charge in [0.25, 0.3) is 0 Å². The highest BCUT2D eigenvalue weighted by Crippen LogP contribution is 2.57. The second-order valence-corrected chi connectivity index (χ2v) is 9.00. The lowest BCUT2D eigenvalue weighted by Gasteiger charge is -2.50. The Kier molecular flexibility index (Phi) is 3.67. The van der Waals surface area contributed by atoms with Gasteiger partial charge in [-0.3, -0.25) is 19.6 Å². The molecule has 3 aliphatic carbocycles. The summed E-state index contributed by atoms with van der Waals surface area (Å²) in [4.78, 5) is 41.5. The maximum absolute atomic E-state index is 13.0. The van der Waals surface area contributed by atoms with Crippen molar-refractivity contribution in [3.63, 3.8) is 0 Å². The van der Waals surface area contributed by atoms with E-state index in [1.807, 2.05) is 6.92 Å². The molecule has 5 aliphatic rings. The van der Waals surface area contributed by atoms with Crippen LogP contribution in [0.15, 0.2) is 4.99 Å². The molecule has 0 saturated heterocycles. The van der Waals surface area contributed by atoms with Crippen LogP contribution >= 0.6 is 0 Å². The van der Waals surface area contributed by atoms with Gasteiger partial charge in [-0.2, -0.15) is 0 Å². The van der Waals surface area contributed by atoms with E-state index in [9.17, 15) is 14.7 Å². The lowest BCUT2D eigenvalue weighted by Crippen LogP contribution is -2.50. The van der Waals surface area contributed by atoms with Gasteiger partial charge in [-0.25, -0.2) is 9.78 Å². The van der Waals surface area contributed by atoms with E-state index in [-0.39, 0.29) is 17.5 Å². The molecule has 6 rings (SSSR count). The number of nitrogens with one attached hydrogen (secondary N) is 1. The molecular weight excluding hydrogens is 358 g/mol. The topological polar surface area (TPSA) is 102 Å². The molecule has 2 bridgehead atoms. The number of nitrogens with zero attached hydrogens (tertiary/aromatic N) is 4. The van der Waals surface area contributed by atoms with Crippen LogP contribution in [0.1, 0.15) is 70.3 Å².